The van der Waals surface area contributed by atoms with Crippen molar-refractivity contribution < 1.29 is 14.7 Å². The Labute approximate surface area is 150 Å². The van der Waals surface area contributed by atoms with Gasteiger partial charge in [-0.1, -0.05) is 37.3 Å². The molecular weight excluding hydrogens is 328 g/mol. The molecule has 3 aromatic rings. The fourth-order valence-electron chi connectivity index (χ4n) is 3.44. The molecule has 0 spiro atoms. The Hall–Kier alpha value is -3.21. The quantitative estimate of drug-likeness (QED) is 0.736. The fraction of sp³-hybridized carbons (Fsp3) is 0.190. The monoisotopic (exact) mass is 346 g/mol. The molecule has 2 aromatic carbocycles. The summed E-state index contributed by atoms with van der Waals surface area (Å²) >= 11 is 0. The summed E-state index contributed by atoms with van der Waals surface area (Å²) in [6.45, 7) is 2.24. The largest absolute Gasteiger partial charge is 0.508 e. The summed E-state index contributed by atoms with van der Waals surface area (Å²) in [5.74, 6) is -0.324. The number of hydrogen-bond acceptors (Lipinski definition) is 4. The lowest BCUT2D eigenvalue weighted by Gasteiger charge is -2.13. The van der Waals surface area contributed by atoms with E-state index in [4.69, 9.17) is 0 Å². The second-order valence-corrected chi connectivity index (χ2v) is 6.36. The topological polar surface area (TPSA) is 70.5 Å². The lowest BCUT2D eigenvalue weighted by atomic mass is 10.0. The fourth-order valence-corrected chi connectivity index (χ4v) is 3.44. The normalized spacial score (nSPS) is 13.5. The molecule has 5 heteroatoms. The van der Waals surface area contributed by atoms with Crippen molar-refractivity contribution >= 4 is 22.7 Å². The second-order valence-electron chi connectivity index (χ2n) is 6.36. The highest BCUT2D eigenvalue weighted by atomic mass is 16.3. The van der Waals surface area contributed by atoms with E-state index in [-0.39, 0.29) is 17.6 Å². The van der Waals surface area contributed by atoms with Gasteiger partial charge in [-0.3, -0.25) is 19.5 Å². The highest BCUT2D eigenvalue weighted by Gasteiger charge is 2.39. The van der Waals surface area contributed by atoms with Crippen LogP contribution in [0.1, 0.15) is 38.9 Å². The van der Waals surface area contributed by atoms with Gasteiger partial charge < -0.3 is 5.11 Å². The number of benzene rings is 2. The first-order valence-corrected chi connectivity index (χ1v) is 8.66. The van der Waals surface area contributed by atoms with Gasteiger partial charge in [-0.25, -0.2) is 0 Å². The smallest absolute Gasteiger partial charge is 0.263 e. The van der Waals surface area contributed by atoms with Gasteiger partial charge in [-0.15, -0.1) is 0 Å². The van der Waals surface area contributed by atoms with E-state index in [0.29, 0.717) is 36.2 Å². The van der Waals surface area contributed by atoms with E-state index in [2.05, 4.69) is 4.98 Å². The summed E-state index contributed by atoms with van der Waals surface area (Å²) in [5.41, 5.74) is 3.29. The van der Waals surface area contributed by atoms with Gasteiger partial charge in [0.15, 0.2) is 0 Å². The molecule has 130 valence electrons. The van der Waals surface area contributed by atoms with E-state index >= 15 is 0 Å². The number of amides is 2. The summed E-state index contributed by atoms with van der Waals surface area (Å²) in [7, 11) is 0. The van der Waals surface area contributed by atoms with Gasteiger partial charge in [0.05, 0.1) is 22.3 Å². The van der Waals surface area contributed by atoms with Crippen molar-refractivity contribution in [3.05, 3.63) is 70.9 Å². The molecule has 0 unspecified atom stereocenters. The number of para-hydroxylation sites is 1. The lowest BCUT2D eigenvalue weighted by Crippen LogP contribution is -2.32. The molecule has 0 radical (unpaired) electrons. The van der Waals surface area contributed by atoms with Crippen LogP contribution in [0.5, 0.6) is 5.75 Å². The molecular formula is C21H18N2O3. The number of pyridine rings is 1. The zero-order valence-electron chi connectivity index (χ0n) is 14.4. The minimum atomic E-state index is -0.265. The summed E-state index contributed by atoms with van der Waals surface area (Å²) in [6.07, 6.45) is 1.14. The third-order valence-electron chi connectivity index (χ3n) is 4.78. The summed E-state index contributed by atoms with van der Waals surface area (Å²) in [5, 5.41) is 10.1. The summed E-state index contributed by atoms with van der Waals surface area (Å²) in [6, 6.07) is 14.2. The maximum absolute atomic E-state index is 13.0. The number of carbonyl (C=O) groups is 2. The van der Waals surface area contributed by atoms with E-state index in [9.17, 15) is 14.7 Å². The third-order valence-corrected chi connectivity index (χ3v) is 4.78. The molecule has 1 N–H and O–H groups in total. The number of aromatic hydroxyl groups is 1. The van der Waals surface area contributed by atoms with Crippen molar-refractivity contribution in [2.24, 2.45) is 0 Å². The number of rotatable bonds is 4. The molecule has 26 heavy (non-hydrogen) atoms. The average Bonchev–Trinajstić information content (AvgIpc) is 2.92. The van der Waals surface area contributed by atoms with Crippen LogP contribution in [-0.2, 0) is 12.8 Å². The Bertz CT molecular complexity index is 1030. The van der Waals surface area contributed by atoms with Crippen molar-refractivity contribution in [2.75, 3.05) is 6.54 Å². The van der Waals surface area contributed by atoms with Gasteiger partial charge in [0.25, 0.3) is 11.8 Å². The van der Waals surface area contributed by atoms with Crippen LogP contribution < -0.4 is 0 Å². The molecule has 1 aliphatic heterocycles. The standard InChI is InChI=1S/C21H18N2O3/c1-2-16-19-18(15-5-3-4-6-17(15)22-16)20(25)23(21(19)26)12-11-13-7-9-14(24)10-8-13/h3-10,24H,2,11-12H2,1H3. The number of phenolic OH excluding ortho intramolecular Hbond substituents is 1. The summed E-state index contributed by atoms with van der Waals surface area (Å²) in [4.78, 5) is 31.8. The van der Waals surface area contributed by atoms with Crippen molar-refractivity contribution in [1.82, 2.24) is 9.88 Å². The molecule has 5 nitrogen and oxygen atoms in total. The maximum Gasteiger partial charge on any atom is 0.263 e. The Kier molecular flexibility index (Phi) is 3.92. The van der Waals surface area contributed by atoms with Gasteiger partial charge in [-0.05, 0) is 36.6 Å². The minimum Gasteiger partial charge on any atom is -0.508 e. The van der Waals surface area contributed by atoms with E-state index < -0.39 is 0 Å². The van der Waals surface area contributed by atoms with Crippen LogP contribution in [0.25, 0.3) is 10.9 Å². The van der Waals surface area contributed by atoms with Crippen LogP contribution >= 0.6 is 0 Å². The minimum absolute atomic E-state index is 0.194. The van der Waals surface area contributed by atoms with Gasteiger partial charge >= 0.3 is 0 Å². The number of fused-ring (bicyclic) bond motifs is 3. The first-order chi connectivity index (χ1) is 12.6. The van der Waals surface area contributed by atoms with Crippen molar-refractivity contribution in [2.45, 2.75) is 19.8 Å². The molecule has 0 atom stereocenters. The highest BCUT2D eigenvalue weighted by molar-refractivity contribution is 6.26. The SMILES string of the molecule is CCc1nc2ccccc2c2c1C(=O)N(CCc1ccc(O)cc1)C2=O. The van der Waals surface area contributed by atoms with Crippen molar-refractivity contribution in [1.29, 1.82) is 0 Å². The number of hydrogen-bond donors (Lipinski definition) is 1. The van der Waals surface area contributed by atoms with E-state index in [1.807, 2.05) is 31.2 Å². The zero-order valence-corrected chi connectivity index (χ0v) is 14.4. The molecule has 1 aromatic heterocycles. The number of imide groups is 1. The van der Waals surface area contributed by atoms with Crippen LogP contribution in [0.2, 0.25) is 0 Å². The third kappa shape index (κ3) is 2.52. The number of nitrogens with zero attached hydrogens (tertiary/aromatic N) is 2. The second kappa shape index (κ2) is 6.26. The molecule has 0 fully saturated rings. The van der Waals surface area contributed by atoms with Gasteiger partial charge in [0.2, 0.25) is 0 Å². The van der Waals surface area contributed by atoms with Crippen LogP contribution in [0.15, 0.2) is 48.5 Å². The number of carbonyl (C=O) groups excluding carboxylic acids is 2. The van der Waals surface area contributed by atoms with Crippen LogP contribution in [0, 0.1) is 0 Å². The maximum atomic E-state index is 13.0. The summed E-state index contributed by atoms with van der Waals surface area (Å²) < 4.78 is 0. The molecule has 2 amide bonds. The van der Waals surface area contributed by atoms with Crippen LogP contribution in [0.4, 0.5) is 0 Å². The van der Waals surface area contributed by atoms with Crippen LogP contribution in [0.3, 0.4) is 0 Å². The van der Waals surface area contributed by atoms with Crippen molar-refractivity contribution in [3.8, 4) is 5.75 Å². The molecule has 0 aliphatic carbocycles. The molecule has 4 rings (SSSR count). The molecule has 0 bridgehead atoms. The molecule has 1 aliphatic rings. The highest BCUT2D eigenvalue weighted by Crippen LogP contribution is 2.32. The van der Waals surface area contributed by atoms with Crippen LogP contribution in [-0.4, -0.2) is 33.3 Å². The Morgan fingerprint density at radius 2 is 1.65 bits per heavy atom. The van der Waals surface area contributed by atoms with E-state index in [1.54, 1.807) is 24.3 Å². The molecule has 0 saturated heterocycles. The number of aryl methyl sites for hydroxylation is 1. The first-order valence-electron chi connectivity index (χ1n) is 8.66. The number of aromatic nitrogens is 1. The zero-order chi connectivity index (χ0) is 18.3. The number of phenols is 1. The first kappa shape index (κ1) is 16.3. The average molecular weight is 346 g/mol. The van der Waals surface area contributed by atoms with E-state index in [0.717, 1.165) is 16.5 Å². The Morgan fingerprint density at radius 3 is 2.38 bits per heavy atom. The lowest BCUT2D eigenvalue weighted by molar-refractivity contribution is 0.0656. The molecule has 2 heterocycles. The van der Waals surface area contributed by atoms with Gasteiger partial charge in [0, 0.05) is 11.9 Å². The predicted octanol–water partition coefficient (Wildman–Crippen LogP) is 3.34. The van der Waals surface area contributed by atoms with Gasteiger partial charge in [-0.2, -0.15) is 0 Å². The molecule has 0 saturated carbocycles. The van der Waals surface area contributed by atoms with E-state index in [1.165, 1.54) is 4.90 Å². The predicted molar refractivity (Wildman–Crippen MR) is 98.3 cm³/mol. The Balaban J connectivity index is 1.71. The Morgan fingerprint density at radius 1 is 0.962 bits per heavy atom. The van der Waals surface area contributed by atoms with Gasteiger partial charge in [0.1, 0.15) is 5.75 Å². The van der Waals surface area contributed by atoms with Crippen molar-refractivity contribution in [3.63, 3.8) is 0 Å².